The van der Waals surface area contributed by atoms with Crippen molar-refractivity contribution in [2.45, 2.75) is 56.5 Å². The molecule has 1 heterocycles. The van der Waals surface area contributed by atoms with Crippen molar-refractivity contribution in [3.63, 3.8) is 0 Å². The average molecular weight is 372 g/mol. The van der Waals surface area contributed by atoms with Crippen molar-refractivity contribution in [2.24, 2.45) is 11.7 Å². The summed E-state index contributed by atoms with van der Waals surface area (Å²) in [7, 11) is 0. The second kappa shape index (κ2) is 6.12. The predicted octanol–water partition coefficient (Wildman–Crippen LogP) is 2.81. The van der Waals surface area contributed by atoms with Gasteiger partial charge in [-0.25, -0.2) is 13.5 Å². The van der Waals surface area contributed by atoms with E-state index in [4.69, 9.17) is 5.73 Å². The van der Waals surface area contributed by atoms with E-state index in [-0.39, 0.29) is 23.7 Å². The smallest absolute Gasteiger partial charge is 0.272 e. The molecule has 2 aromatic rings. The molecule has 2 saturated carbocycles. The first-order chi connectivity index (χ1) is 13.0. The summed E-state index contributed by atoms with van der Waals surface area (Å²) in [6, 6.07) is 3.36. The van der Waals surface area contributed by atoms with Crippen LogP contribution in [0.4, 0.5) is 8.78 Å². The van der Waals surface area contributed by atoms with Crippen molar-refractivity contribution in [3.8, 4) is 5.69 Å². The number of nitrogens with zero attached hydrogens (tertiary/aromatic N) is 2. The molecular weight excluding hydrogens is 350 g/mol. The lowest BCUT2D eigenvalue weighted by Gasteiger charge is -2.29. The third kappa shape index (κ3) is 2.76. The molecule has 5 rings (SSSR count). The van der Waals surface area contributed by atoms with Gasteiger partial charge in [-0.1, -0.05) is 12.8 Å². The van der Waals surface area contributed by atoms with Gasteiger partial charge < -0.3 is 11.1 Å². The highest BCUT2D eigenvalue weighted by Crippen LogP contribution is 2.57. The van der Waals surface area contributed by atoms with Crippen molar-refractivity contribution < 1.29 is 13.6 Å². The topological polar surface area (TPSA) is 72.9 Å². The highest BCUT2D eigenvalue weighted by atomic mass is 19.1. The molecule has 0 saturated heterocycles. The molecular formula is C20H22F2N4O. The Kier molecular flexibility index (Phi) is 3.82. The van der Waals surface area contributed by atoms with Gasteiger partial charge in [-0.3, -0.25) is 4.79 Å². The Labute approximate surface area is 155 Å². The highest BCUT2D eigenvalue weighted by Gasteiger charge is 2.50. The van der Waals surface area contributed by atoms with Crippen molar-refractivity contribution in [1.82, 2.24) is 15.1 Å². The quantitative estimate of drug-likeness (QED) is 0.870. The summed E-state index contributed by atoms with van der Waals surface area (Å²) in [5, 5.41) is 7.50. The third-order valence-electron chi connectivity index (χ3n) is 6.25. The number of carbonyl (C=O) groups is 1. The first-order valence-electron chi connectivity index (χ1n) is 9.66. The summed E-state index contributed by atoms with van der Waals surface area (Å²) in [5.41, 5.74) is 8.51. The Bertz CT molecular complexity index is 925. The summed E-state index contributed by atoms with van der Waals surface area (Å²) in [6.07, 6.45) is 5.75. The summed E-state index contributed by atoms with van der Waals surface area (Å²) in [6.45, 7) is 0. The number of fused-ring (bicyclic) bond motifs is 3. The molecule has 3 aliphatic rings. The van der Waals surface area contributed by atoms with Gasteiger partial charge in [0, 0.05) is 29.6 Å². The SMILES string of the molecule is N[C@@H]1CCCC[C@H]1NC(=O)c1nn(-c2ccc(F)cc2F)c2c1C[C@H]1C[C@@H]21. The van der Waals surface area contributed by atoms with Crippen LogP contribution in [-0.4, -0.2) is 27.8 Å². The zero-order valence-corrected chi connectivity index (χ0v) is 14.9. The number of rotatable bonds is 3. The first kappa shape index (κ1) is 16.9. The molecule has 0 unspecified atom stereocenters. The van der Waals surface area contributed by atoms with Gasteiger partial charge in [0.25, 0.3) is 5.91 Å². The van der Waals surface area contributed by atoms with Crippen LogP contribution < -0.4 is 11.1 Å². The largest absolute Gasteiger partial charge is 0.346 e. The van der Waals surface area contributed by atoms with E-state index >= 15 is 0 Å². The van der Waals surface area contributed by atoms with E-state index < -0.39 is 11.6 Å². The maximum atomic E-state index is 14.4. The van der Waals surface area contributed by atoms with E-state index in [9.17, 15) is 13.6 Å². The van der Waals surface area contributed by atoms with Gasteiger partial charge in [-0.2, -0.15) is 5.10 Å². The Morgan fingerprint density at radius 3 is 2.85 bits per heavy atom. The molecule has 4 atom stereocenters. The van der Waals surface area contributed by atoms with E-state index in [2.05, 4.69) is 10.4 Å². The van der Waals surface area contributed by atoms with Crippen molar-refractivity contribution in [3.05, 3.63) is 46.8 Å². The molecule has 142 valence electrons. The Morgan fingerprint density at radius 1 is 1.26 bits per heavy atom. The van der Waals surface area contributed by atoms with Crippen LogP contribution >= 0.6 is 0 Å². The number of hydrogen-bond acceptors (Lipinski definition) is 3. The Balaban J connectivity index is 1.51. The van der Waals surface area contributed by atoms with Crippen molar-refractivity contribution >= 4 is 5.91 Å². The second-order valence-corrected chi connectivity index (χ2v) is 8.05. The number of nitrogens with two attached hydrogens (primary N) is 1. The summed E-state index contributed by atoms with van der Waals surface area (Å²) >= 11 is 0. The number of carbonyl (C=O) groups excluding carboxylic acids is 1. The molecule has 7 heteroatoms. The van der Waals surface area contributed by atoms with Gasteiger partial charge in [-0.05, 0) is 43.7 Å². The van der Waals surface area contributed by atoms with Crippen LogP contribution in [0.5, 0.6) is 0 Å². The molecule has 3 N–H and O–H groups in total. The average Bonchev–Trinajstić information content (AvgIpc) is 3.14. The molecule has 3 aliphatic carbocycles. The van der Waals surface area contributed by atoms with Gasteiger partial charge in [0.1, 0.15) is 11.5 Å². The molecule has 1 aromatic heterocycles. The summed E-state index contributed by atoms with van der Waals surface area (Å²) < 4.78 is 29.2. The van der Waals surface area contributed by atoms with Crippen molar-refractivity contribution in [2.75, 3.05) is 0 Å². The molecule has 2 fully saturated rings. The van der Waals surface area contributed by atoms with Gasteiger partial charge in [-0.15, -0.1) is 0 Å². The van der Waals surface area contributed by atoms with Crippen LogP contribution in [-0.2, 0) is 6.42 Å². The van der Waals surface area contributed by atoms with E-state index in [1.165, 1.54) is 16.8 Å². The Morgan fingerprint density at radius 2 is 2.07 bits per heavy atom. The van der Waals surface area contributed by atoms with E-state index in [0.717, 1.165) is 55.8 Å². The minimum Gasteiger partial charge on any atom is -0.346 e. The standard InChI is InChI=1S/C20H22F2N4O/c21-11-5-6-17(14(22)9-11)26-19-12-7-10(12)8-13(19)18(25-26)20(27)24-16-4-2-1-3-15(16)23/h5-6,9-10,12,15-16H,1-4,7-8,23H2,(H,24,27)/t10-,12-,15-,16-/m1/s1. The number of aromatic nitrogens is 2. The van der Waals surface area contributed by atoms with Crippen LogP contribution in [0.15, 0.2) is 18.2 Å². The van der Waals surface area contributed by atoms with E-state index in [0.29, 0.717) is 17.5 Å². The Hall–Kier alpha value is -2.28. The molecule has 0 aliphatic heterocycles. The monoisotopic (exact) mass is 372 g/mol. The second-order valence-electron chi connectivity index (χ2n) is 8.05. The third-order valence-corrected chi connectivity index (χ3v) is 6.25. The number of hydrogen-bond donors (Lipinski definition) is 2. The maximum absolute atomic E-state index is 14.4. The zero-order chi connectivity index (χ0) is 18.7. The molecule has 27 heavy (non-hydrogen) atoms. The number of nitrogens with one attached hydrogen (secondary N) is 1. The van der Waals surface area contributed by atoms with Crippen molar-refractivity contribution in [1.29, 1.82) is 0 Å². The molecule has 0 bridgehead atoms. The lowest BCUT2D eigenvalue weighted by molar-refractivity contribution is 0.0914. The fourth-order valence-corrected chi connectivity index (χ4v) is 4.71. The van der Waals surface area contributed by atoms with Gasteiger partial charge >= 0.3 is 0 Å². The van der Waals surface area contributed by atoms with Crippen LogP contribution in [0.1, 0.15) is 59.8 Å². The minimum absolute atomic E-state index is 0.0409. The molecule has 0 radical (unpaired) electrons. The molecule has 1 aromatic carbocycles. The van der Waals surface area contributed by atoms with Gasteiger partial charge in [0.2, 0.25) is 0 Å². The lowest BCUT2D eigenvalue weighted by atomic mass is 9.91. The number of benzene rings is 1. The van der Waals surface area contributed by atoms with Crippen LogP contribution in [0, 0.1) is 17.6 Å². The van der Waals surface area contributed by atoms with E-state index in [1.807, 2.05) is 0 Å². The fourth-order valence-electron chi connectivity index (χ4n) is 4.71. The molecule has 1 amide bonds. The number of halogens is 2. The zero-order valence-electron chi connectivity index (χ0n) is 14.9. The number of amides is 1. The molecule has 5 nitrogen and oxygen atoms in total. The first-order valence-corrected chi connectivity index (χ1v) is 9.66. The lowest BCUT2D eigenvalue weighted by Crippen LogP contribution is -2.49. The summed E-state index contributed by atoms with van der Waals surface area (Å²) in [4.78, 5) is 12.9. The fraction of sp³-hybridized carbons (Fsp3) is 0.500. The van der Waals surface area contributed by atoms with Crippen LogP contribution in [0.3, 0.4) is 0 Å². The minimum atomic E-state index is -0.675. The van der Waals surface area contributed by atoms with Crippen LogP contribution in [0.2, 0.25) is 0 Å². The summed E-state index contributed by atoms with van der Waals surface area (Å²) in [5.74, 6) is -0.720. The highest BCUT2D eigenvalue weighted by molar-refractivity contribution is 5.94. The maximum Gasteiger partial charge on any atom is 0.272 e. The van der Waals surface area contributed by atoms with E-state index in [1.54, 1.807) is 0 Å². The van der Waals surface area contributed by atoms with Crippen LogP contribution in [0.25, 0.3) is 5.69 Å². The normalized spacial score (nSPS) is 28.6. The van der Waals surface area contributed by atoms with Gasteiger partial charge in [0.15, 0.2) is 11.5 Å². The predicted molar refractivity (Wildman–Crippen MR) is 95.7 cm³/mol. The molecule has 0 spiro atoms. The van der Waals surface area contributed by atoms with Gasteiger partial charge in [0.05, 0.1) is 5.69 Å².